The molecule has 1 rings (SSSR count). The Kier molecular flexibility index (Phi) is 3.63. The van der Waals surface area contributed by atoms with Gasteiger partial charge >= 0.3 is 12.8 Å². The summed E-state index contributed by atoms with van der Waals surface area (Å²) in [5, 5.41) is 8.68. The summed E-state index contributed by atoms with van der Waals surface area (Å²) < 4.78 is 64.1. The minimum atomic E-state index is -4.76. The number of aliphatic hydroxyl groups is 1. The highest BCUT2D eigenvalue weighted by Crippen LogP contribution is 2.31. The summed E-state index contributed by atoms with van der Waals surface area (Å²) in [6.07, 6.45) is -4.12. The molecule has 1 heterocycles. The SMILES string of the molecule is OCc1cnc(C(F)(F)F)cc1OC(F)F. The normalized spacial score (nSPS) is 11.9. The Bertz CT molecular complexity index is 366. The van der Waals surface area contributed by atoms with Crippen LogP contribution in [0.2, 0.25) is 0 Å². The van der Waals surface area contributed by atoms with Crippen molar-refractivity contribution in [3.05, 3.63) is 23.5 Å². The van der Waals surface area contributed by atoms with Crippen molar-refractivity contribution in [2.45, 2.75) is 19.4 Å². The summed E-state index contributed by atoms with van der Waals surface area (Å²) in [6, 6.07) is 0.317. The van der Waals surface area contributed by atoms with Gasteiger partial charge < -0.3 is 9.84 Å². The smallest absolute Gasteiger partial charge is 0.433 e. The summed E-state index contributed by atoms with van der Waals surface area (Å²) in [4.78, 5) is 2.98. The largest absolute Gasteiger partial charge is 0.434 e. The van der Waals surface area contributed by atoms with E-state index in [1.165, 1.54) is 0 Å². The van der Waals surface area contributed by atoms with E-state index >= 15 is 0 Å². The van der Waals surface area contributed by atoms with E-state index in [-0.39, 0.29) is 5.56 Å². The van der Waals surface area contributed by atoms with Crippen LogP contribution in [0.25, 0.3) is 0 Å². The lowest BCUT2D eigenvalue weighted by Crippen LogP contribution is -2.11. The van der Waals surface area contributed by atoms with Crippen LogP contribution < -0.4 is 4.74 Å². The summed E-state index contributed by atoms with van der Waals surface area (Å²) >= 11 is 0. The van der Waals surface area contributed by atoms with Crippen molar-refractivity contribution in [1.82, 2.24) is 4.98 Å². The Labute approximate surface area is 86.5 Å². The van der Waals surface area contributed by atoms with Crippen LogP contribution in [0.15, 0.2) is 12.3 Å². The highest BCUT2D eigenvalue weighted by Gasteiger charge is 2.33. The second-order valence-corrected chi connectivity index (χ2v) is 2.71. The molecule has 0 unspecified atom stereocenters. The van der Waals surface area contributed by atoms with Gasteiger partial charge in [-0.2, -0.15) is 22.0 Å². The van der Waals surface area contributed by atoms with Crippen molar-refractivity contribution < 1.29 is 31.8 Å². The number of aliphatic hydroxyl groups excluding tert-OH is 1. The Morgan fingerprint density at radius 3 is 2.44 bits per heavy atom. The molecule has 0 bridgehead atoms. The van der Waals surface area contributed by atoms with Gasteiger partial charge in [0.25, 0.3) is 0 Å². The highest BCUT2D eigenvalue weighted by molar-refractivity contribution is 5.33. The molecule has 0 aliphatic carbocycles. The second-order valence-electron chi connectivity index (χ2n) is 2.71. The van der Waals surface area contributed by atoms with E-state index in [2.05, 4.69) is 9.72 Å². The second kappa shape index (κ2) is 4.60. The maximum atomic E-state index is 12.2. The zero-order chi connectivity index (χ0) is 12.3. The molecule has 0 atom stereocenters. The van der Waals surface area contributed by atoms with Gasteiger partial charge in [0.2, 0.25) is 0 Å². The first-order valence-electron chi connectivity index (χ1n) is 3.96. The Balaban J connectivity index is 3.11. The van der Waals surface area contributed by atoms with E-state index in [0.29, 0.717) is 12.3 Å². The van der Waals surface area contributed by atoms with Gasteiger partial charge in [-0.05, 0) is 0 Å². The zero-order valence-corrected chi connectivity index (χ0v) is 7.63. The molecule has 90 valence electrons. The average molecular weight is 243 g/mol. The minimum Gasteiger partial charge on any atom is -0.434 e. The fourth-order valence-electron chi connectivity index (χ4n) is 0.945. The molecule has 0 aromatic carbocycles. The molecular formula is C8H6F5NO2. The average Bonchev–Trinajstić information content (AvgIpc) is 2.15. The maximum Gasteiger partial charge on any atom is 0.433 e. The Morgan fingerprint density at radius 2 is 2.00 bits per heavy atom. The molecule has 0 radical (unpaired) electrons. The topological polar surface area (TPSA) is 42.4 Å². The first kappa shape index (κ1) is 12.6. The van der Waals surface area contributed by atoms with Crippen molar-refractivity contribution >= 4 is 0 Å². The highest BCUT2D eigenvalue weighted by atomic mass is 19.4. The van der Waals surface area contributed by atoms with E-state index in [1.807, 2.05) is 0 Å². The zero-order valence-electron chi connectivity index (χ0n) is 7.63. The number of rotatable bonds is 3. The van der Waals surface area contributed by atoms with Gasteiger partial charge in [0, 0.05) is 17.8 Å². The van der Waals surface area contributed by atoms with Crippen LogP contribution in [-0.4, -0.2) is 16.7 Å². The lowest BCUT2D eigenvalue weighted by atomic mass is 10.2. The number of ether oxygens (including phenoxy) is 1. The maximum absolute atomic E-state index is 12.2. The van der Waals surface area contributed by atoms with Crippen LogP contribution in [0.1, 0.15) is 11.3 Å². The summed E-state index contributed by atoms with van der Waals surface area (Å²) in [6.45, 7) is -4.01. The van der Waals surface area contributed by atoms with E-state index in [9.17, 15) is 22.0 Å². The first-order valence-corrected chi connectivity index (χ1v) is 3.96. The first-order chi connectivity index (χ1) is 7.34. The van der Waals surface area contributed by atoms with Crippen LogP contribution in [0.3, 0.4) is 0 Å². The standard InChI is InChI=1S/C8H6F5NO2/c9-7(10)16-5-1-6(8(11,12)13)14-2-4(5)3-15/h1-2,7,15H,3H2. The molecule has 0 fully saturated rings. The third kappa shape index (κ3) is 3.02. The van der Waals surface area contributed by atoms with E-state index in [0.717, 1.165) is 0 Å². The quantitative estimate of drug-likeness (QED) is 0.827. The van der Waals surface area contributed by atoms with Crippen molar-refractivity contribution in [2.24, 2.45) is 0 Å². The van der Waals surface area contributed by atoms with Gasteiger partial charge in [-0.3, -0.25) is 4.98 Å². The Morgan fingerprint density at radius 1 is 1.38 bits per heavy atom. The van der Waals surface area contributed by atoms with E-state index in [1.54, 1.807) is 0 Å². The number of aromatic nitrogens is 1. The van der Waals surface area contributed by atoms with E-state index < -0.39 is 30.8 Å². The molecule has 1 aromatic rings. The molecule has 1 aromatic heterocycles. The molecule has 16 heavy (non-hydrogen) atoms. The molecule has 0 saturated heterocycles. The number of hydrogen-bond donors (Lipinski definition) is 1. The number of halogens is 5. The van der Waals surface area contributed by atoms with Gasteiger partial charge in [0.1, 0.15) is 11.4 Å². The van der Waals surface area contributed by atoms with Crippen LogP contribution in [0.4, 0.5) is 22.0 Å². The molecular weight excluding hydrogens is 237 g/mol. The van der Waals surface area contributed by atoms with Crippen molar-refractivity contribution in [1.29, 1.82) is 0 Å². The fourth-order valence-corrected chi connectivity index (χ4v) is 0.945. The van der Waals surface area contributed by atoms with Gasteiger partial charge in [-0.1, -0.05) is 0 Å². The lowest BCUT2D eigenvalue weighted by Gasteiger charge is -2.11. The molecule has 0 amide bonds. The van der Waals surface area contributed by atoms with Crippen molar-refractivity contribution in [3.63, 3.8) is 0 Å². The molecule has 0 aliphatic heterocycles. The fraction of sp³-hybridized carbons (Fsp3) is 0.375. The molecule has 8 heteroatoms. The minimum absolute atomic E-state index is 0.242. The van der Waals surface area contributed by atoms with Crippen LogP contribution in [-0.2, 0) is 12.8 Å². The monoisotopic (exact) mass is 243 g/mol. The molecule has 0 aliphatic rings. The summed E-state index contributed by atoms with van der Waals surface area (Å²) in [7, 11) is 0. The lowest BCUT2D eigenvalue weighted by molar-refractivity contribution is -0.141. The number of nitrogens with zero attached hydrogens (tertiary/aromatic N) is 1. The van der Waals surface area contributed by atoms with Crippen LogP contribution >= 0.6 is 0 Å². The molecule has 0 saturated carbocycles. The molecule has 0 spiro atoms. The number of hydrogen-bond acceptors (Lipinski definition) is 3. The van der Waals surface area contributed by atoms with Crippen LogP contribution in [0, 0.1) is 0 Å². The van der Waals surface area contributed by atoms with Crippen LogP contribution in [0.5, 0.6) is 5.75 Å². The predicted molar refractivity (Wildman–Crippen MR) is 41.8 cm³/mol. The van der Waals surface area contributed by atoms with E-state index in [4.69, 9.17) is 5.11 Å². The van der Waals surface area contributed by atoms with Crippen molar-refractivity contribution in [3.8, 4) is 5.75 Å². The number of alkyl halides is 5. The Hall–Kier alpha value is -1.44. The summed E-state index contributed by atoms with van der Waals surface area (Å²) in [5.41, 5.74) is -1.60. The van der Waals surface area contributed by atoms with Gasteiger partial charge in [0.05, 0.1) is 6.61 Å². The van der Waals surface area contributed by atoms with Crippen molar-refractivity contribution in [2.75, 3.05) is 0 Å². The van der Waals surface area contributed by atoms with Gasteiger partial charge in [-0.25, -0.2) is 0 Å². The van der Waals surface area contributed by atoms with Gasteiger partial charge in [-0.15, -0.1) is 0 Å². The van der Waals surface area contributed by atoms with Gasteiger partial charge in [0.15, 0.2) is 0 Å². The third-order valence-corrected chi connectivity index (χ3v) is 1.62. The summed E-state index contributed by atoms with van der Waals surface area (Å²) in [5.74, 6) is -0.736. The molecule has 3 nitrogen and oxygen atoms in total. The predicted octanol–water partition coefficient (Wildman–Crippen LogP) is 2.19. The third-order valence-electron chi connectivity index (χ3n) is 1.62. The molecule has 1 N–H and O–H groups in total. The number of pyridine rings is 1.